The van der Waals surface area contributed by atoms with E-state index >= 15 is 0 Å². The smallest absolute Gasteiger partial charge is 0.104 e. The lowest BCUT2D eigenvalue weighted by molar-refractivity contribution is -0.125. The van der Waals surface area contributed by atoms with Crippen molar-refractivity contribution in [1.82, 2.24) is 0 Å². The second-order valence-corrected chi connectivity index (χ2v) is 4.35. The SMILES string of the molecule is COCCOCCCOC1(CN)CCCOC1. The van der Waals surface area contributed by atoms with Crippen LogP contribution >= 0.6 is 0 Å². The van der Waals surface area contributed by atoms with Crippen molar-refractivity contribution in [2.24, 2.45) is 5.73 Å². The molecule has 1 atom stereocenters. The van der Waals surface area contributed by atoms with Gasteiger partial charge in [-0.1, -0.05) is 0 Å². The fourth-order valence-electron chi connectivity index (χ4n) is 1.85. The second-order valence-electron chi connectivity index (χ2n) is 4.35. The van der Waals surface area contributed by atoms with Gasteiger partial charge in [0, 0.05) is 33.5 Å². The van der Waals surface area contributed by atoms with Crippen molar-refractivity contribution in [3.8, 4) is 0 Å². The Kier molecular flexibility index (Phi) is 7.72. The van der Waals surface area contributed by atoms with Crippen molar-refractivity contribution in [1.29, 1.82) is 0 Å². The summed E-state index contributed by atoms with van der Waals surface area (Å²) < 4.78 is 21.5. The van der Waals surface area contributed by atoms with E-state index in [2.05, 4.69) is 0 Å². The molecule has 0 spiro atoms. The molecule has 5 nitrogen and oxygen atoms in total. The van der Waals surface area contributed by atoms with Crippen LogP contribution in [-0.2, 0) is 18.9 Å². The van der Waals surface area contributed by atoms with Gasteiger partial charge in [-0.05, 0) is 19.3 Å². The molecule has 0 aliphatic carbocycles. The molecule has 0 aromatic rings. The van der Waals surface area contributed by atoms with Gasteiger partial charge in [-0.3, -0.25) is 0 Å². The van der Waals surface area contributed by atoms with Crippen LogP contribution in [0.1, 0.15) is 19.3 Å². The van der Waals surface area contributed by atoms with Crippen molar-refractivity contribution in [2.75, 3.05) is 53.3 Å². The van der Waals surface area contributed by atoms with E-state index in [0.29, 0.717) is 39.6 Å². The summed E-state index contributed by atoms with van der Waals surface area (Å²) in [5.74, 6) is 0. The Morgan fingerprint density at radius 3 is 2.76 bits per heavy atom. The lowest BCUT2D eigenvalue weighted by Gasteiger charge is -2.35. The maximum absolute atomic E-state index is 5.87. The van der Waals surface area contributed by atoms with Gasteiger partial charge in [0.05, 0.1) is 19.8 Å². The zero-order valence-electron chi connectivity index (χ0n) is 10.8. The number of methoxy groups -OCH3 is 1. The monoisotopic (exact) mass is 247 g/mol. The van der Waals surface area contributed by atoms with Gasteiger partial charge < -0.3 is 24.7 Å². The second kappa shape index (κ2) is 8.83. The van der Waals surface area contributed by atoms with Crippen LogP contribution in [0.2, 0.25) is 0 Å². The number of ether oxygens (including phenoxy) is 4. The molecule has 1 aliphatic rings. The molecule has 1 unspecified atom stereocenters. The normalized spacial score (nSPS) is 25.1. The van der Waals surface area contributed by atoms with E-state index in [-0.39, 0.29) is 5.60 Å². The van der Waals surface area contributed by atoms with E-state index in [1.807, 2.05) is 0 Å². The Bertz CT molecular complexity index is 183. The third-order valence-electron chi connectivity index (χ3n) is 2.93. The molecule has 5 heteroatoms. The van der Waals surface area contributed by atoms with E-state index < -0.39 is 0 Å². The molecule has 2 N–H and O–H groups in total. The molecular weight excluding hydrogens is 222 g/mol. The van der Waals surface area contributed by atoms with Crippen LogP contribution in [0, 0.1) is 0 Å². The Labute approximate surface area is 104 Å². The topological polar surface area (TPSA) is 62.9 Å². The van der Waals surface area contributed by atoms with Crippen LogP contribution in [0.3, 0.4) is 0 Å². The highest BCUT2D eigenvalue weighted by molar-refractivity contribution is 4.84. The maximum atomic E-state index is 5.87. The van der Waals surface area contributed by atoms with Crippen LogP contribution in [0.5, 0.6) is 0 Å². The van der Waals surface area contributed by atoms with E-state index in [9.17, 15) is 0 Å². The fourth-order valence-corrected chi connectivity index (χ4v) is 1.85. The van der Waals surface area contributed by atoms with Crippen molar-refractivity contribution in [3.63, 3.8) is 0 Å². The Morgan fingerprint density at radius 1 is 1.24 bits per heavy atom. The standard InChI is InChI=1S/C12H25NO4/c1-14-8-9-15-6-3-7-17-12(10-13)4-2-5-16-11-12/h2-11,13H2,1H3. The van der Waals surface area contributed by atoms with Crippen LogP contribution in [0.15, 0.2) is 0 Å². The molecule has 1 fully saturated rings. The van der Waals surface area contributed by atoms with E-state index in [4.69, 9.17) is 24.7 Å². The number of nitrogens with two attached hydrogens (primary N) is 1. The first-order valence-electron chi connectivity index (χ1n) is 6.31. The number of rotatable bonds is 9. The number of hydrogen-bond donors (Lipinski definition) is 1. The molecular formula is C12H25NO4. The molecule has 1 rings (SSSR count). The lowest BCUT2D eigenvalue weighted by Crippen LogP contribution is -2.48. The molecule has 0 bridgehead atoms. The lowest BCUT2D eigenvalue weighted by atomic mass is 9.96. The van der Waals surface area contributed by atoms with Gasteiger partial charge in [-0.25, -0.2) is 0 Å². The molecule has 0 saturated carbocycles. The summed E-state index contributed by atoms with van der Waals surface area (Å²) in [6.45, 7) is 4.62. The first-order valence-corrected chi connectivity index (χ1v) is 6.31. The molecule has 1 saturated heterocycles. The molecule has 0 aromatic carbocycles. The van der Waals surface area contributed by atoms with Crippen LogP contribution in [0.4, 0.5) is 0 Å². The molecule has 1 aliphatic heterocycles. The first-order chi connectivity index (χ1) is 8.33. The Balaban J connectivity index is 2.03. The van der Waals surface area contributed by atoms with Crippen LogP contribution < -0.4 is 5.73 Å². The summed E-state index contributed by atoms with van der Waals surface area (Å²) in [4.78, 5) is 0. The van der Waals surface area contributed by atoms with Gasteiger partial charge in [0.2, 0.25) is 0 Å². The third kappa shape index (κ3) is 5.79. The molecule has 102 valence electrons. The van der Waals surface area contributed by atoms with Crippen molar-refractivity contribution < 1.29 is 18.9 Å². The van der Waals surface area contributed by atoms with E-state index in [1.165, 1.54) is 0 Å². The largest absolute Gasteiger partial charge is 0.382 e. The average Bonchev–Trinajstić information content (AvgIpc) is 2.39. The van der Waals surface area contributed by atoms with E-state index in [1.54, 1.807) is 7.11 Å². The fraction of sp³-hybridized carbons (Fsp3) is 1.00. The summed E-state index contributed by atoms with van der Waals surface area (Å²) in [6, 6.07) is 0. The van der Waals surface area contributed by atoms with Crippen molar-refractivity contribution in [2.45, 2.75) is 24.9 Å². The predicted molar refractivity (Wildman–Crippen MR) is 65.1 cm³/mol. The van der Waals surface area contributed by atoms with Crippen molar-refractivity contribution >= 4 is 0 Å². The zero-order valence-corrected chi connectivity index (χ0v) is 10.8. The molecule has 0 aromatic heterocycles. The quantitative estimate of drug-likeness (QED) is 0.603. The minimum atomic E-state index is -0.259. The predicted octanol–water partition coefficient (Wildman–Crippen LogP) is 0.564. The highest BCUT2D eigenvalue weighted by Crippen LogP contribution is 2.22. The average molecular weight is 247 g/mol. The summed E-state index contributed by atoms with van der Waals surface area (Å²) >= 11 is 0. The maximum Gasteiger partial charge on any atom is 0.104 e. The van der Waals surface area contributed by atoms with Gasteiger partial charge in [0.25, 0.3) is 0 Å². The van der Waals surface area contributed by atoms with Crippen LogP contribution in [-0.4, -0.2) is 58.9 Å². The number of hydrogen-bond acceptors (Lipinski definition) is 5. The molecule has 1 heterocycles. The summed E-state index contributed by atoms with van der Waals surface area (Å²) in [5.41, 5.74) is 5.51. The Morgan fingerprint density at radius 2 is 2.12 bits per heavy atom. The highest BCUT2D eigenvalue weighted by atomic mass is 16.5. The third-order valence-corrected chi connectivity index (χ3v) is 2.93. The minimum absolute atomic E-state index is 0.259. The summed E-state index contributed by atoms with van der Waals surface area (Å²) in [6.07, 6.45) is 2.90. The molecule has 17 heavy (non-hydrogen) atoms. The minimum Gasteiger partial charge on any atom is -0.382 e. The van der Waals surface area contributed by atoms with Gasteiger partial charge in [0.1, 0.15) is 5.60 Å². The first kappa shape index (κ1) is 14.9. The zero-order chi connectivity index (χ0) is 12.4. The summed E-state index contributed by atoms with van der Waals surface area (Å²) in [5, 5.41) is 0. The molecule has 0 radical (unpaired) electrons. The van der Waals surface area contributed by atoms with Gasteiger partial charge in [-0.15, -0.1) is 0 Å². The highest BCUT2D eigenvalue weighted by Gasteiger charge is 2.32. The van der Waals surface area contributed by atoms with Gasteiger partial charge in [0.15, 0.2) is 0 Å². The van der Waals surface area contributed by atoms with Crippen LogP contribution in [0.25, 0.3) is 0 Å². The molecule has 0 amide bonds. The Hall–Kier alpha value is -0.200. The van der Waals surface area contributed by atoms with Gasteiger partial charge >= 0.3 is 0 Å². The van der Waals surface area contributed by atoms with Gasteiger partial charge in [-0.2, -0.15) is 0 Å². The van der Waals surface area contributed by atoms with E-state index in [0.717, 1.165) is 25.9 Å². The summed E-state index contributed by atoms with van der Waals surface area (Å²) in [7, 11) is 1.67. The van der Waals surface area contributed by atoms with Crippen molar-refractivity contribution in [3.05, 3.63) is 0 Å².